The van der Waals surface area contributed by atoms with E-state index in [2.05, 4.69) is 55.2 Å². The van der Waals surface area contributed by atoms with Gasteiger partial charge in [0.05, 0.1) is 0 Å². The van der Waals surface area contributed by atoms with Gasteiger partial charge in [0, 0.05) is 11.9 Å². The zero-order valence-electron chi connectivity index (χ0n) is 12.5. The third-order valence-electron chi connectivity index (χ3n) is 4.32. The van der Waals surface area contributed by atoms with Gasteiger partial charge in [-0.25, -0.2) is 0 Å². The molecular weight excluding hydrogens is 242 g/mol. The molecule has 1 unspecified atom stereocenters. The van der Waals surface area contributed by atoms with Crippen LogP contribution in [0.25, 0.3) is 0 Å². The predicted molar refractivity (Wildman–Crippen MR) is 84.0 cm³/mol. The fourth-order valence-corrected chi connectivity index (χ4v) is 3.35. The first-order valence-corrected chi connectivity index (χ1v) is 7.74. The Bertz CT molecular complexity index is 572. The Balaban J connectivity index is 1.89. The molecule has 0 aliphatic heterocycles. The van der Waals surface area contributed by atoms with Gasteiger partial charge in [-0.05, 0) is 60.3 Å². The molecule has 1 nitrogen and oxygen atoms in total. The summed E-state index contributed by atoms with van der Waals surface area (Å²) < 4.78 is 0. The van der Waals surface area contributed by atoms with Crippen LogP contribution in [0.3, 0.4) is 0 Å². The van der Waals surface area contributed by atoms with Crippen LogP contribution in [0, 0.1) is 5.92 Å². The number of aromatic nitrogens is 1. The molecule has 1 aliphatic rings. The molecule has 0 saturated heterocycles. The Labute approximate surface area is 122 Å². The van der Waals surface area contributed by atoms with Gasteiger partial charge in [0.2, 0.25) is 0 Å². The minimum Gasteiger partial charge on any atom is -0.261 e. The van der Waals surface area contributed by atoms with E-state index in [9.17, 15) is 0 Å². The van der Waals surface area contributed by atoms with Crippen molar-refractivity contribution in [3.05, 3.63) is 65.0 Å². The van der Waals surface area contributed by atoms with Gasteiger partial charge in [-0.15, -0.1) is 0 Å². The first-order valence-electron chi connectivity index (χ1n) is 7.74. The molecule has 1 heteroatoms. The van der Waals surface area contributed by atoms with Gasteiger partial charge in [-0.3, -0.25) is 4.98 Å². The average molecular weight is 265 g/mol. The Kier molecular flexibility index (Phi) is 3.86. The van der Waals surface area contributed by atoms with Crippen molar-refractivity contribution in [1.82, 2.24) is 4.98 Å². The molecule has 2 aromatic rings. The van der Waals surface area contributed by atoms with E-state index in [4.69, 9.17) is 0 Å². The summed E-state index contributed by atoms with van der Waals surface area (Å²) in [5.74, 6) is 1.37. The molecular formula is C19H23N. The van der Waals surface area contributed by atoms with Crippen molar-refractivity contribution in [2.24, 2.45) is 5.92 Å². The minimum absolute atomic E-state index is 0.666. The number of hydrogen-bond acceptors (Lipinski definition) is 1. The lowest BCUT2D eigenvalue weighted by Gasteiger charge is -2.26. The number of fused-ring (bicyclic) bond motifs is 1. The Morgan fingerprint density at radius 2 is 1.95 bits per heavy atom. The maximum Gasteiger partial charge on any atom is 0.0438 e. The normalized spacial score (nSPS) is 18.1. The highest BCUT2D eigenvalue weighted by Crippen LogP contribution is 2.33. The molecule has 0 bridgehead atoms. The standard InChI is InChI=1S/C19H23N/c1-14(2)12-17-10-11-20-19-9-8-16(13-18(17)19)15-6-4-3-5-7-15/h3-7,10-11,14,16H,8-9,12-13H2,1-2H3. The maximum atomic E-state index is 4.62. The lowest BCUT2D eigenvalue weighted by molar-refractivity contribution is 0.560. The second kappa shape index (κ2) is 5.78. The Morgan fingerprint density at radius 3 is 2.70 bits per heavy atom. The van der Waals surface area contributed by atoms with E-state index in [0.29, 0.717) is 11.8 Å². The molecule has 20 heavy (non-hydrogen) atoms. The molecule has 0 fully saturated rings. The summed E-state index contributed by atoms with van der Waals surface area (Å²) in [6.07, 6.45) is 6.69. The van der Waals surface area contributed by atoms with Crippen LogP contribution >= 0.6 is 0 Å². The number of rotatable bonds is 3. The molecule has 1 aromatic heterocycles. The Morgan fingerprint density at radius 1 is 1.15 bits per heavy atom. The van der Waals surface area contributed by atoms with Crippen molar-refractivity contribution in [2.75, 3.05) is 0 Å². The molecule has 0 N–H and O–H groups in total. The summed E-state index contributed by atoms with van der Waals surface area (Å²) in [5.41, 5.74) is 5.87. The quantitative estimate of drug-likeness (QED) is 0.793. The molecule has 1 atom stereocenters. The topological polar surface area (TPSA) is 12.9 Å². The van der Waals surface area contributed by atoms with Crippen molar-refractivity contribution in [1.29, 1.82) is 0 Å². The van der Waals surface area contributed by atoms with Crippen LogP contribution < -0.4 is 0 Å². The number of nitrogens with zero attached hydrogens (tertiary/aromatic N) is 1. The van der Waals surface area contributed by atoms with E-state index in [-0.39, 0.29) is 0 Å². The van der Waals surface area contributed by atoms with Gasteiger partial charge >= 0.3 is 0 Å². The average Bonchev–Trinajstić information content (AvgIpc) is 2.47. The summed E-state index contributed by atoms with van der Waals surface area (Å²) in [6.45, 7) is 4.59. The molecule has 0 radical (unpaired) electrons. The summed E-state index contributed by atoms with van der Waals surface area (Å²) in [7, 11) is 0. The number of pyridine rings is 1. The second-order valence-electron chi connectivity index (χ2n) is 6.34. The Hall–Kier alpha value is -1.63. The molecule has 1 aliphatic carbocycles. The smallest absolute Gasteiger partial charge is 0.0438 e. The van der Waals surface area contributed by atoms with Gasteiger partial charge in [0.1, 0.15) is 0 Å². The highest BCUT2D eigenvalue weighted by Gasteiger charge is 2.23. The van der Waals surface area contributed by atoms with Crippen LogP contribution in [0.15, 0.2) is 42.6 Å². The van der Waals surface area contributed by atoms with Gasteiger partial charge in [0.25, 0.3) is 0 Å². The fourth-order valence-electron chi connectivity index (χ4n) is 3.35. The molecule has 0 spiro atoms. The van der Waals surface area contributed by atoms with Crippen molar-refractivity contribution in [3.63, 3.8) is 0 Å². The van der Waals surface area contributed by atoms with E-state index >= 15 is 0 Å². The summed E-state index contributed by atoms with van der Waals surface area (Å²) in [6, 6.07) is 13.2. The third kappa shape index (κ3) is 2.77. The summed E-state index contributed by atoms with van der Waals surface area (Å²) in [4.78, 5) is 4.62. The SMILES string of the molecule is CC(C)Cc1ccnc2c1CC(c1ccccc1)CC2. The van der Waals surface area contributed by atoms with Gasteiger partial charge in [-0.2, -0.15) is 0 Å². The van der Waals surface area contributed by atoms with Crippen molar-refractivity contribution in [2.45, 2.75) is 45.4 Å². The van der Waals surface area contributed by atoms with Crippen LogP contribution in [0.4, 0.5) is 0 Å². The van der Waals surface area contributed by atoms with Crippen LogP contribution in [0.5, 0.6) is 0 Å². The monoisotopic (exact) mass is 265 g/mol. The third-order valence-corrected chi connectivity index (χ3v) is 4.32. The lowest BCUT2D eigenvalue weighted by Crippen LogP contribution is -2.16. The van der Waals surface area contributed by atoms with Gasteiger partial charge in [0.15, 0.2) is 0 Å². The van der Waals surface area contributed by atoms with E-state index in [1.54, 1.807) is 0 Å². The number of hydrogen-bond donors (Lipinski definition) is 0. The van der Waals surface area contributed by atoms with Crippen molar-refractivity contribution < 1.29 is 0 Å². The van der Waals surface area contributed by atoms with Crippen molar-refractivity contribution >= 4 is 0 Å². The van der Waals surface area contributed by atoms with E-state index in [1.807, 2.05) is 6.20 Å². The largest absolute Gasteiger partial charge is 0.261 e. The molecule has 3 rings (SSSR count). The molecule has 104 valence electrons. The second-order valence-corrected chi connectivity index (χ2v) is 6.34. The number of aryl methyl sites for hydroxylation is 1. The fraction of sp³-hybridized carbons (Fsp3) is 0.421. The number of benzene rings is 1. The highest BCUT2D eigenvalue weighted by atomic mass is 14.7. The van der Waals surface area contributed by atoms with E-state index in [1.165, 1.54) is 35.2 Å². The minimum atomic E-state index is 0.666. The van der Waals surface area contributed by atoms with Gasteiger partial charge in [-0.1, -0.05) is 44.2 Å². The van der Waals surface area contributed by atoms with Crippen LogP contribution in [0.1, 0.15) is 48.6 Å². The summed E-state index contributed by atoms with van der Waals surface area (Å²) in [5, 5.41) is 0. The zero-order chi connectivity index (χ0) is 13.9. The van der Waals surface area contributed by atoms with Crippen molar-refractivity contribution in [3.8, 4) is 0 Å². The van der Waals surface area contributed by atoms with Crippen LogP contribution in [0.2, 0.25) is 0 Å². The predicted octanol–water partition coefficient (Wildman–Crippen LogP) is 4.55. The highest BCUT2D eigenvalue weighted by molar-refractivity contribution is 5.36. The first-order chi connectivity index (χ1) is 9.74. The molecule has 0 amide bonds. The van der Waals surface area contributed by atoms with Crippen LogP contribution in [-0.4, -0.2) is 4.98 Å². The molecule has 0 saturated carbocycles. The van der Waals surface area contributed by atoms with Gasteiger partial charge < -0.3 is 0 Å². The zero-order valence-corrected chi connectivity index (χ0v) is 12.5. The molecule has 1 heterocycles. The molecule has 1 aromatic carbocycles. The van der Waals surface area contributed by atoms with E-state index in [0.717, 1.165) is 12.8 Å². The lowest BCUT2D eigenvalue weighted by atomic mass is 9.79. The maximum absolute atomic E-state index is 4.62. The van der Waals surface area contributed by atoms with E-state index < -0.39 is 0 Å². The summed E-state index contributed by atoms with van der Waals surface area (Å²) >= 11 is 0. The van der Waals surface area contributed by atoms with Crippen LogP contribution in [-0.2, 0) is 19.3 Å². The first kappa shape index (κ1) is 13.4.